The number of hydrogen-bond donors (Lipinski definition) is 0. The normalized spacial score (nSPS) is 17.0. The van der Waals surface area contributed by atoms with Crippen molar-refractivity contribution in [2.45, 2.75) is 126 Å². The van der Waals surface area contributed by atoms with E-state index in [0.717, 1.165) is 50.5 Å². The molecule has 0 aromatic heterocycles. The topological polar surface area (TPSA) is 51.2 Å². The fourth-order valence-corrected chi connectivity index (χ4v) is 5.91. The minimum Gasteiger partial charge on any atom is -0.300 e. The van der Waals surface area contributed by atoms with E-state index in [1.54, 1.807) is 0 Å². The highest BCUT2D eigenvalue weighted by molar-refractivity contribution is 6.00. The van der Waals surface area contributed by atoms with Gasteiger partial charge in [0.05, 0.1) is 6.42 Å². The van der Waals surface area contributed by atoms with Gasteiger partial charge in [0.2, 0.25) is 0 Å². The molecule has 192 valence electrons. The van der Waals surface area contributed by atoms with Crippen molar-refractivity contribution in [2.75, 3.05) is 0 Å². The number of benzene rings is 1. The third-order valence-electron chi connectivity index (χ3n) is 7.42. The summed E-state index contributed by atoms with van der Waals surface area (Å²) in [6.07, 6.45) is 8.65. The van der Waals surface area contributed by atoms with Crippen molar-refractivity contribution in [3.63, 3.8) is 0 Å². The highest BCUT2D eigenvalue weighted by Gasteiger charge is 2.33. The molecule has 0 saturated carbocycles. The van der Waals surface area contributed by atoms with Gasteiger partial charge < -0.3 is 0 Å². The second-order valence-electron chi connectivity index (χ2n) is 10.4. The molecule has 1 aromatic rings. The molecular formula is C31H50O3. The molecule has 34 heavy (non-hydrogen) atoms. The molecule has 1 aliphatic carbocycles. The van der Waals surface area contributed by atoms with E-state index >= 15 is 0 Å². The van der Waals surface area contributed by atoms with Crippen LogP contribution in [0, 0.1) is 24.7 Å². The average molecular weight is 471 g/mol. The maximum absolute atomic E-state index is 13.2. The lowest BCUT2D eigenvalue weighted by Crippen LogP contribution is -2.30. The Balaban J connectivity index is 0.00000182. The van der Waals surface area contributed by atoms with E-state index in [4.69, 9.17) is 0 Å². The first-order valence-electron chi connectivity index (χ1n) is 13.9. The molecule has 0 aliphatic heterocycles. The van der Waals surface area contributed by atoms with Crippen molar-refractivity contribution in [2.24, 2.45) is 17.8 Å². The van der Waals surface area contributed by atoms with Crippen LogP contribution in [0.1, 0.15) is 139 Å². The Labute approximate surface area is 209 Å². The summed E-state index contributed by atoms with van der Waals surface area (Å²) in [4.78, 5) is 37.4. The number of hydrogen-bond acceptors (Lipinski definition) is 3. The summed E-state index contributed by atoms with van der Waals surface area (Å²) < 4.78 is 0. The van der Waals surface area contributed by atoms with Crippen LogP contribution in [0.15, 0.2) is 12.1 Å². The molecule has 3 unspecified atom stereocenters. The Hall–Kier alpha value is -1.77. The summed E-state index contributed by atoms with van der Waals surface area (Å²) in [5, 5.41) is 0. The minimum absolute atomic E-state index is 0.0448. The molecular weight excluding hydrogens is 420 g/mol. The molecule has 3 heteroatoms. The van der Waals surface area contributed by atoms with E-state index in [-0.39, 0.29) is 41.5 Å². The zero-order valence-corrected chi connectivity index (χ0v) is 23.3. The third kappa shape index (κ3) is 8.17. The molecule has 0 spiro atoms. The maximum atomic E-state index is 13.2. The molecule has 3 atom stereocenters. The van der Waals surface area contributed by atoms with Gasteiger partial charge in [-0.1, -0.05) is 72.9 Å². The van der Waals surface area contributed by atoms with Crippen molar-refractivity contribution in [1.29, 1.82) is 0 Å². The molecule has 3 nitrogen and oxygen atoms in total. The van der Waals surface area contributed by atoms with Crippen LogP contribution in [0.5, 0.6) is 0 Å². The van der Waals surface area contributed by atoms with Crippen LogP contribution >= 0.6 is 0 Å². The number of Topliss-reactive ketones (excluding diaryl/α,β-unsaturated/α-hetero) is 3. The summed E-state index contributed by atoms with van der Waals surface area (Å²) in [5.41, 5.74) is 4.67. The number of rotatable bonds is 12. The molecule has 2 rings (SSSR count). The largest absolute Gasteiger partial charge is 0.300 e. The van der Waals surface area contributed by atoms with E-state index < -0.39 is 0 Å². The van der Waals surface area contributed by atoms with Crippen molar-refractivity contribution >= 4 is 17.3 Å². The fourth-order valence-electron chi connectivity index (χ4n) is 5.91. The van der Waals surface area contributed by atoms with Crippen LogP contribution in [0.3, 0.4) is 0 Å². The summed E-state index contributed by atoms with van der Waals surface area (Å²) in [5.74, 6) is 1.29. The van der Waals surface area contributed by atoms with Crippen molar-refractivity contribution < 1.29 is 14.4 Å². The molecule has 0 saturated heterocycles. The SMILES string of the molecule is CCC.CCCC(CC1CC(=O)c2c(ccc(C(CC)CC)c2C)C1)C(CC)C(=O)CC(C)=O. The molecule has 1 aromatic carbocycles. The number of ketones is 3. The Morgan fingerprint density at radius 1 is 0.971 bits per heavy atom. The third-order valence-corrected chi connectivity index (χ3v) is 7.42. The van der Waals surface area contributed by atoms with Gasteiger partial charge in [-0.25, -0.2) is 0 Å². The summed E-state index contributed by atoms with van der Waals surface area (Å²) in [6, 6.07) is 4.43. The van der Waals surface area contributed by atoms with Crippen LogP contribution in [0.4, 0.5) is 0 Å². The van der Waals surface area contributed by atoms with E-state index in [1.807, 2.05) is 0 Å². The van der Waals surface area contributed by atoms with Crippen molar-refractivity contribution in [3.05, 3.63) is 34.4 Å². The predicted molar refractivity (Wildman–Crippen MR) is 144 cm³/mol. The van der Waals surface area contributed by atoms with E-state index in [0.29, 0.717) is 12.3 Å². The van der Waals surface area contributed by atoms with E-state index in [9.17, 15) is 14.4 Å². The molecule has 1 aliphatic rings. The van der Waals surface area contributed by atoms with Gasteiger partial charge >= 0.3 is 0 Å². The molecule has 0 N–H and O–H groups in total. The van der Waals surface area contributed by atoms with Gasteiger partial charge in [0.1, 0.15) is 11.6 Å². The lowest BCUT2D eigenvalue weighted by Gasteiger charge is -2.32. The molecule has 0 amide bonds. The van der Waals surface area contributed by atoms with Crippen molar-refractivity contribution in [3.8, 4) is 0 Å². The van der Waals surface area contributed by atoms with E-state index in [1.165, 1.54) is 30.0 Å². The van der Waals surface area contributed by atoms with Crippen LogP contribution in [-0.2, 0) is 16.0 Å². The zero-order chi connectivity index (χ0) is 25.8. The van der Waals surface area contributed by atoms with Crippen LogP contribution in [-0.4, -0.2) is 17.3 Å². The lowest BCUT2D eigenvalue weighted by atomic mass is 9.71. The van der Waals surface area contributed by atoms with Crippen LogP contribution in [0.25, 0.3) is 0 Å². The second kappa shape index (κ2) is 15.3. The van der Waals surface area contributed by atoms with Gasteiger partial charge in [-0.05, 0) is 80.4 Å². The van der Waals surface area contributed by atoms with Crippen LogP contribution < -0.4 is 0 Å². The van der Waals surface area contributed by atoms with Gasteiger partial charge in [0, 0.05) is 17.9 Å². The molecule has 0 radical (unpaired) electrons. The molecule has 0 fully saturated rings. The fraction of sp³-hybridized carbons (Fsp3) is 0.710. The van der Waals surface area contributed by atoms with Gasteiger partial charge in [0.25, 0.3) is 0 Å². The Morgan fingerprint density at radius 2 is 1.59 bits per heavy atom. The second-order valence-corrected chi connectivity index (χ2v) is 10.4. The highest BCUT2D eigenvalue weighted by atomic mass is 16.1. The van der Waals surface area contributed by atoms with Gasteiger partial charge in [-0.15, -0.1) is 0 Å². The summed E-state index contributed by atoms with van der Waals surface area (Å²) in [7, 11) is 0. The first-order valence-corrected chi connectivity index (χ1v) is 13.9. The van der Waals surface area contributed by atoms with Gasteiger partial charge in [-0.3, -0.25) is 14.4 Å². The minimum atomic E-state index is -0.0701. The lowest BCUT2D eigenvalue weighted by molar-refractivity contribution is -0.129. The summed E-state index contributed by atoms with van der Waals surface area (Å²) in [6.45, 7) is 16.5. The monoisotopic (exact) mass is 470 g/mol. The average Bonchev–Trinajstić information content (AvgIpc) is 2.76. The Kier molecular flexibility index (Phi) is 13.6. The molecule has 0 heterocycles. The predicted octanol–water partition coefficient (Wildman–Crippen LogP) is 8.44. The first kappa shape index (κ1) is 30.3. The Bertz CT molecular complexity index is 803. The number of carbonyl (C=O) groups excluding carboxylic acids is 3. The maximum Gasteiger partial charge on any atom is 0.163 e. The van der Waals surface area contributed by atoms with Gasteiger partial charge in [0.15, 0.2) is 5.78 Å². The van der Waals surface area contributed by atoms with Crippen LogP contribution in [0.2, 0.25) is 0 Å². The first-order chi connectivity index (χ1) is 16.2. The standard InChI is InChI=1S/C28H42O3.C3H8/c1-7-11-22(24(10-4)26(30)14-18(5)29)15-20-16-23-12-13-25(21(8-2)9-3)19(6)28(23)27(31)17-20;1-3-2/h12-13,20-22,24H,7-11,14-17H2,1-6H3;3H2,1-2H3. The zero-order valence-electron chi connectivity index (χ0n) is 23.3. The van der Waals surface area contributed by atoms with Gasteiger partial charge in [-0.2, -0.15) is 0 Å². The van der Waals surface area contributed by atoms with E-state index in [2.05, 4.69) is 60.6 Å². The smallest absolute Gasteiger partial charge is 0.163 e. The highest BCUT2D eigenvalue weighted by Crippen LogP contribution is 2.38. The summed E-state index contributed by atoms with van der Waals surface area (Å²) >= 11 is 0. The van der Waals surface area contributed by atoms with Crippen molar-refractivity contribution in [1.82, 2.24) is 0 Å². The Morgan fingerprint density at radius 3 is 2.09 bits per heavy atom. The number of carbonyl (C=O) groups is 3. The quantitative estimate of drug-likeness (QED) is 0.288. The molecule has 0 bridgehead atoms. The number of fused-ring (bicyclic) bond motifs is 1.